The number of benzene rings is 1. The van der Waals surface area contributed by atoms with E-state index in [9.17, 15) is 13.6 Å². The van der Waals surface area contributed by atoms with Gasteiger partial charge in [0.25, 0.3) is 5.92 Å². The Balaban J connectivity index is 1.84. The van der Waals surface area contributed by atoms with Crippen LogP contribution in [0.25, 0.3) is 0 Å². The molecular weight excluding hydrogens is 360 g/mol. The fourth-order valence-corrected chi connectivity index (χ4v) is 2.75. The van der Waals surface area contributed by atoms with Crippen LogP contribution in [0.3, 0.4) is 0 Å². The molecule has 1 fully saturated rings. The highest BCUT2D eigenvalue weighted by Crippen LogP contribution is 2.27. The first-order valence-electron chi connectivity index (χ1n) is 7.01. The standard InChI is InChI=1S/C15H18BrF2NO3/c1-21-14(20)11-8-12(16)10-13(9-11)22-7-6-19-4-2-15(17,18)3-5-19/h8-10H,2-7H2,1H3. The van der Waals surface area contributed by atoms with Gasteiger partial charge in [-0.3, -0.25) is 4.90 Å². The molecule has 2 rings (SSSR count). The number of nitrogens with zero attached hydrogens (tertiary/aromatic N) is 1. The molecule has 0 bridgehead atoms. The van der Waals surface area contributed by atoms with Crippen molar-refractivity contribution in [3.63, 3.8) is 0 Å². The number of methoxy groups -OCH3 is 1. The average molecular weight is 378 g/mol. The Hall–Kier alpha value is -1.21. The van der Waals surface area contributed by atoms with Gasteiger partial charge in [0.05, 0.1) is 12.7 Å². The molecule has 0 spiro atoms. The molecule has 1 aliphatic rings. The summed E-state index contributed by atoms with van der Waals surface area (Å²) in [6.45, 7) is 1.71. The predicted molar refractivity (Wildman–Crippen MR) is 81.6 cm³/mol. The molecule has 4 nitrogen and oxygen atoms in total. The van der Waals surface area contributed by atoms with Gasteiger partial charge in [-0.1, -0.05) is 15.9 Å². The summed E-state index contributed by atoms with van der Waals surface area (Å²) in [6, 6.07) is 4.99. The molecule has 0 radical (unpaired) electrons. The van der Waals surface area contributed by atoms with Gasteiger partial charge < -0.3 is 9.47 Å². The SMILES string of the molecule is COC(=O)c1cc(Br)cc(OCCN2CCC(F)(F)CC2)c1. The second kappa shape index (κ2) is 7.37. The minimum absolute atomic E-state index is 0.101. The summed E-state index contributed by atoms with van der Waals surface area (Å²) in [5.41, 5.74) is 0.393. The zero-order valence-corrected chi connectivity index (χ0v) is 13.9. The van der Waals surface area contributed by atoms with Crippen molar-refractivity contribution in [3.05, 3.63) is 28.2 Å². The van der Waals surface area contributed by atoms with E-state index in [2.05, 4.69) is 20.7 Å². The summed E-state index contributed by atoms with van der Waals surface area (Å²) in [5.74, 6) is -2.43. The van der Waals surface area contributed by atoms with Crippen molar-refractivity contribution in [1.29, 1.82) is 0 Å². The van der Waals surface area contributed by atoms with Crippen LogP contribution in [0.2, 0.25) is 0 Å². The molecule has 22 heavy (non-hydrogen) atoms. The second-order valence-corrected chi connectivity index (χ2v) is 6.13. The van der Waals surface area contributed by atoms with Crippen molar-refractivity contribution < 1.29 is 23.0 Å². The highest BCUT2D eigenvalue weighted by atomic mass is 79.9. The molecule has 122 valence electrons. The van der Waals surface area contributed by atoms with E-state index >= 15 is 0 Å². The summed E-state index contributed by atoms with van der Waals surface area (Å²) in [6.07, 6.45) is -0.202. The molecule has 1 aromatic rings. The highest BCUT2D eigenvalue weighted by molar-refractivity contribution is 9.10. The van der Waals surface area contributed by atoms with Gasteiger partial charge in [0.2, 0.25) is 0 Å². The third-order valence-corrected chi connectivity index (χ3v) is 4.01. The Morgan fingerprint density at radius 1 is 1.32 bits per heavy atom. The normalized spacial score (nSPS) is 18.0. The molecule has 0 N–H and O–H groups in total. The third kappa shape index (κ3) is 4.91. The Bertz CT molecular complexity index is 530. The van der Waals surface area contributed by atoms with Crippen LogP contribution in [0, 0.1) is 0 Å². The number of hydrogen-bond acceptors (Lipinski definition) is 4. The number of rotatable bonds is 5. The molecular formula is C15H18BrF2NO3. The average Bonchev–Trinajstić information content (AvgIpc) is 2.47. The monoisotopic (exact) mass is 377 g/mol. The van der Waals surface area contributed by atoms with Gasteiger partial charge in [-0.2, -0.15) is 0 Å². The van der Waals surface area contributed by atoms with Crippen LogP contribution in [0.15, 0.2) is 22.7 Å². The van der Waals surface area contributed by atoms with Crippen LogP contribution < -0.4 is 4.74 Å². The molecule has 0 unspecified atom stereocenters. The number of likely N-dealkylation sites (tertiary alicyclic amines) is 1. The Labute approximate surface area is 136 Å². The van der Waals surface area contributed by atoms with E-state index in [0.29, 0.717) is 42.0 Å². The zero-order valence-electron chi connectivity index (χ0n) is 12.3. The van der Waals surface area contributed by atoms with E-state index in [0.717, 1.165) is 0 Å². The van der Waals surface area contributed by atoms with Gasteiger partial charge in [0.15, 0.2) is 0 Å². The van der Waals surface area contributed by atoms with E-state index in [1.165, 1.54) is 7.11 Å². The van der Waals surface area contributed by atoms with E-state index in [-0.39, 0.29) is 12.8 Å². The van der Waals surface area contributed by atoms with E-state index in [1.54, 1.807) is 18.2 Å². The summed E-state index contributed by atoms with van der Waals surface area (Å²) >= 11 is 3.31. The van der Waals surface area contributed by atoms with Gasteiger partial charge in [-0.25, -0.2) is 13.6 Å². The van der Waals surface area contributed by atoms with Crippen molar-refractivity contribution in [2.24, 2.45) is 0 Å². The van der Waals surface area contributed by atoms with Crippen molar-refractivity contribution in [2.75, 3.05) is 33.4 Å². The number of ether oxygens (including phenoxy) is 2. The molecule has 1 aliphatic heterocycles. The third-order valence-electron chi connectivity index (χ3n) is 3.56. The minimum Gasteiger partial charge on any atom is -0.492 e. The lowest BCUT2D eigenvalue weighted by Gasteiger charge is -2.31. The lowest BCUT2D eigenvalue weighted by Crippen LogP contribution is -2.41. The summed E-state index contributed by atoms with van der Waals surface area (Å²) in [4.78, 5) is 13.5. The summed E-state index contributed by atoms with van der Waals surface area (Å²) < 4.78 is 37.1. The van der Waals surface area contributed by atoms with Gasteiger partial charge in [0.1, 0.15) is 12.4 Å². The summed E-state index contributed by atoms with van der Waals surface area (Å²) in [5, 5.41) is 0. The quantitative estimate of drug-likeness (QED) is 0.737. The first-order valence-corrected chi connectivity index (χ1v) is 7.81. The molecule has 0 saturated carbocycles. The van der Waals surface area contributed by atoms with Crippen molar-refractivity contribution in [1.82, 2.24) is 4.90 Å². The lowest BCUT2D eigenvalue weighted by atomic mass is 10.1. The first-order chi connectivity index (χ1) is 10.4. The van der Waals surface area contributed by atoms with E-state index < -0.39 is 11.9 Å². The highest BCUT2D eigenvalue weighted by Gasteiger charge is 2.33. The number of esters is 1. The Morgan fingerprint density at radius 2 is 2.00 bits per heavy atom. The number of hydrogen-bond donors (Lipinski definition) is 0. The van der Waals surface area contributed by atoms with Gasteiger partial charge in [-0.05, 0) is 18.2 Å². The lowest BCUT2D eigenvalue weighted by molar-refractivity contribution is -0.0564. The van der Waals surface area contributed by atoms with Crippen LogP contribution in [-0.2, 0) is 4.74 Å². The number of carbonyl (C=O) groups is 1. The molecule has 0 aliphatic carbocycles. The molecule has 1 saturated heterocycles. The molecule has 1 heterocycles. The molecule has 0 atom stereocenters. The van der Waals surface area contributed by atoms with Crippen LogP contribution in [0.4, 0.5) is 8.78 Å². The van der Waals surface area contributed by atoms with Gasteiger partial charge >= 0.3 is 5.97 Å². The Morgan fingerprint density at radius 3 is 2.64 bits per heavy atom. The van der Waals surface area contributed by atoms with Crippen molar-refractivity contribution in [2.45, 2.75) is 18.8 Å². The maximum Gasteiger partial charge on any atom is 0.338 e. The predicted octanol–water partition coefficient (Wildman–Crippen LogP) is 3.35. The number of piperidine rings is 1. The number of carbonyl (C=O) groups excluding carboxylic acids is 1. The molecule has 0 amide bonds. The maximum absolute atomic E-state index is 13.1. The van der Waals surface area contributed by atoms with E-state index in [1.807, 2.05) is 4.90 Å². The van der Waals surface area contributed by atoms with Gasteiger partial charge in [-0.15, -0.1) is 0 Å². The Kier molecular flexibility index (Phi) is 5.74. The van der Waals surface area contributed by atoms with Gasteiger partial charge in [0, 0.05) is 36.9 Å². The first kappa shape index (κ1) is 17.1. The molecule has 7 heteroatoms. The number of halogens is 3. The van der Waals surface area contributed by atoms with Crippen LogP contribution >= 0.6 is 15.9 Å². The molecule has 1 aromatic carbocycles. The van der Waals surface area contributed by atoms with E-state index in [4.69, 9.17) is 4.74 Å². The van der Waals surface area contributed by atoms with Crippen LogP contribution in [0.1, 0.15) is 23.2 Å². The van der Waals surface area contributed by atoms with Crippen molar-refractivity contribution >= 4 is 21.9 Å². The topological polar surface area (TPSA) is 38.8 Å². The van der Waals surface area contributed by atoms with Crippen LogP contribution in [-0.4, -0.2) is 50.1 Å². The maximum atomic E-state index is 13.1. The largest absolute Gasteiger partial charge is 0.492 e. The summed E-state index contributed by atoms with van der Waals surface area (Å²) in [7, 11) is 1.32. The minimum atomic E-state index is -2.53. The fraction of sp³-hybridized carbons (Fsp3) is 0.533. The fourth-order valence-electron chi connectivity index (χ4n) is 2.28. The zero-order chi connectivity index (χ0) is 16.2. The molecule has 0 aromatic heterocycles. The van der Waals surface area contributed by atoms with Crippen LogP contribution in [0.5, 0.6) is 5.75 Å². The number of alkyl halides is 2. The smallest absolute Gasteiger partial charge is 0.338 e. The second-order valence-electron chi connectivity index (χ2n) is 5.21. The van der Waals surface area contributed by atoms with Crippen molar-refractivity contribution in [3.8, 4) is 5.75 Å².